The number of rotatable bonds is 5. The van der Waals surface area contributed by atoms with E-state index >= 15 is 0 Å². The van der Waals surface area contributed by atoms with Crippen molar-refractivity contribution in [3.05, 3.63) is 41.8 Å². The lowest BCUT2D eigenvalue weighted by atomic mass is 10.1. The molecule has 1 aliphatic heterocycles. The summed E-state index contributed by atoms with van der Waals surface area (Å²) in [7, 11) is 1.75. The second kappa shape index (κ2) is 7.05. The number of hydrogen-bond acceptors (Lipinski definition) is 5. The Bertz CT molecular complexity index is 597. The topological polar surface area (TPSA) is 56.5 Å². The summed E-state index contributed by atoms with van der Waals surface area (Å²) in [6.45, 7) is 4.02. The fraction of sp³-hybridized carbons (Fsp3) is 0.471. The van der Waals surface area contributed by atoms with Crippen LogP contribution in [0.5, 0.6) is 0 Å². The molecule has 0 unspecified atom stereocenters. The molecule has 1 fully saturated rings. The maximum Gasteiger partial charge on any atom is 0.226 e. The van der Waals surface area contributed by atoms with E-state index in [9.17, 15) is 0 Å². The zero-order valence-corrected chi connectivity index (χ0v) is 13.0. The van der Waals surface area contributed by atoms with Crippen molar-refractivity contribution in [3.8, 4) is 11.5 Å². The molecule has 0 amide bonds. The standard InChI is InChI=1S/C17H22N2O3/c1-12-16(10-18-14-11-21-9-8-15(14)20-2)22-17(19-12)13-6-4-3-5-7-13/h3-7,14-15,18H,8-11H2,1-2H3/t14-,15-/m1/s1. The molecule has 1 saturated heterocycles. The van der Waals surface area contributed by atoms with E-state index in [-0.39, 0.29) is 12.1 Å². The van der Waals surface area contributed by atoms with E-state index in [0.29, 0.717) is 19.0 Å². The Balaban J connectivity index is 1.67. The van der Waals surface area contributed by atoms with E-state index in [1.54, 1.807) is 7.11 Å². The van der Waals surface area contributed by atoms with Crippen LogP contribution in [0.2, 0.25) is 0 Å². The molecule has 0 radical (unpaired) electrons. The Labute approximate surface area is 130 Å². The molecule has 118 valence electrons. The van der Waals surface area contributed by atoms with E-state index in [1.165, 1.54) is 0 Å². The minimum absolute atomic E-state index is 0.184. The zero-order chi connectivity index (χ0) is 15.4. The predicted octanol–water partition coefficient (Wildman–Crippen LogP) is 2.54. The molecule has 3 rings (SSSR count). The van der Waals surface area contributed by atoms with Crippen LogP contribution in [0.15, 0.2) is 34.7 Å². The Morgan fingerprint density at radius 1 is 1.32 bits per heavy atom. The van der Waals surface area contributed by atoms with Gasteiger partial charge in [0, 0.05) is 19.3 Å². The fourth-order valence-corrected chi connectivity index (χ4v) is 2.71. The van der Waals surface area contributed by atoms with Gasteiger partial charge in [-0.15, -0.1) is 0 Å². The monoisotopic (exact) mass is 302 g/mol. The molecular formula is C17H22N2O3. The third-order valence-corrected chi connectivity index (χ3v) is 4.03. The van der Waals surface area contributed by atoms with Crippen LogP contribution in [0.1, 0.15) is 17.9 Å². The van der Waals surface area contributed by atoms with Crippen LogP contribution in [0, 0.1) is 6.92 Å². The van der Waals surface area contributed by atoms with E-state index in [4.69, 9.17) is 13.9 Å². The summed E-state index contributed by atoms with van der Waals surface area (Å²) in [4.78, 5) is 4.51. The normalized spacial score (nSPS) is 21.9. The number of nitrogens with zero attached hydrogens (tertiary/aromatic N) is 1. The first-order valence-corrected chi connectivity index (χ1v) is 7.63. The zero-order valence-electron chi connectivity index (χ0n) is 13.0. The van der Waals surface area contributed by atoms with Crippen LogP contribution in [0.4, 0.5) is 0 Å². The molecule has 1 N–H and O–H groups in total. The van der Waals surface area contributed by atoms with Crippen LogP contribution >= 0.6 is 0 Å². The number of ether oxygens (including phenoxy) is 2. The van der Waals surface area contributed by atoms with Crippen molar-refractivity contribution in [1.29, 1.82) is 0 Å². The Hall–Kier alpha value is -1.69. The van der Waals surface area contributed by atoms with Crippen molar-refractivity contribution in [2.75, 3.05) is 20.3 Å². The summed E-state index contributed by atoms with van der Waals surface area (Å²) < 4.78 is 16.9. The number of oxazole rings is 1. The van der Waals surface area contributed by atoms with Gasteiger partial charge >= 0.3 is 0 Å². The Morgan fingerprint density at radius 3 is 2.91 bits per heavy atom. The van der Waals surface area contributed by atoms with Crippen molar-refractivity contribution in [2.24, 2.45) is 0 Å². The molecular weight excluding hydrogens is 280 g/mol. The van der Waals surface area contributed by atoms with Crippen LogP contribution in [-0.2, 0) is 16.0 Å². The average molecular weight is 302 g/mol. The van der Waals surface area contributed by atoms with Crippen molar-refractivity contribution >= 4 is 0 Å². The summed E-state index contributed by atoms with van der Waals surface area (Å²) in [5, 5.41) is 3.46. The molecule has 1 aromatic heterocycles. The second-order valence-corrected chi connectivity index (χ2v) is 5.52. The lowest BCUT2D eigenvalue weighted by Gasteiger charge is -2.30. The van der Waals surface area contributed by atoms with Crippen molar-refractivity contribution in [2.45, 2.75) is 32.0 Å². The summed E-state index contributed by atoms with van der Waals surface area (Å²) >= 11 is 0. The molecule has 2 heterocycles. The number of aryl methyl sites for hydroxylation is 1. The first-order valence-electron chi connectivity index (χ1n) is 7.63. The summed E-state index contributed by atoms with van der Waals surface area (Å²) in [5.74, 6) is 1.53. The fourth-order valence-electron chi connectivity index (χ4n) is 2.71. The third kappa shape index (κ3) is 3.38. The summed E-state index contributed by atoms with van der Waals surface area (Å²) in [6, 6.07) is 10.1. The van der Waals surface area contributed by atoms with Crippen LogP contribution in [0.3, 0.4) is 0 Å². The highest BCUT2D eigenvalue weighted by molar-refractivity contribution is 5.53. The molecule has 2 aromatic rings. The minimum atomic E-state index is 0.184. The first-order chi connectivity index (χ1) is 10.8. The van der Waals surface area contributed by atoms with Gasteiger partial charge in [-0.1, -0.05) is 18.2 Å². The van der Waals surface area contributed by atoms with Gasteiger partial charge in [0.2, 0.25) is 5.89 Å². The highest BCUT2D eigenvalue weighted by atomic mass is 16.5. The maximum atomic E-state index is 5.91. The van der Waals surface area contributed by atoms with Crippen LogP contribution in [0.25, 0.3) is 11.5 Å². The molecule has 22 heavy (non-hydrogen) atoms. The number of hydrogen-bond donors (Lipinski definition) is 1. The number of aromatic nitrogens is 1. The van der Waals surface area contributed by atoms with Crippen LogP contribution in [-0.4, -0.2) is 37.5 Å². The van der Waals surface area contributed by atoms with E-state index in [2.05, 4.69) is 10.3 Å². The lowest BCUT2D eigenvalue weighted by Crippen LogP contribution is -2.47. The van der Waals surface area contributed by atoms with Gasteiger partial charge in [0.25, 0.3) is 0 Å². The highest BCUT2D eigenvalue weighted by Gasteiger charge is 2.25. The number of nitrogens with one attached hydrogen (secondary N) is 1. The van der Waals surface area contributed by atoms with Gasteiger partial charge in [0.1, 0.15) is 5.76 Å². The van der Waals surface area contributed by atoms with Gasteiger partial charge in [-0.25, -0.2) is 4.98 Å². The van der Waals surface area contributed by atoms with Crippen molar-refractivity contribution in [3.63, 3.8) is 0 Å². The molecule has 1 aromatic carbocycles. The smallest absolute Gasteiger partial charge is 0.226 e. The quantitative estimate of drug-likeness (QED) is 0.920. The molecule has 0 bridgehead atoms. The summed E-state index contributed by atoms with van der Waals surface area (Å²) in [5.41, 5.74) is 1.91. The number of methoxy groups -OCH3 is 1. The Kier molecular flexibility index (Phi) is 4.87. The van der Waals surface area contributed by atoms with E-state index in [1.807, 2.05) is 37.3 Å². The maximum absolute atomic E-state index is 5.91. The molecule has 0 aliphatic carbocycles. The lowest BCUT2D eigenvalue weighted by molar-refractivity contribution is -0.0377. The van der Waals surface area contributed by atoms with Crippen molar-refractivity contribution < 1.29 is 13.9 Å². The summed E-state index contributed by atoms with van der Waals surface area (Å²) in [6.07, 6.45) is 1.10. The van der Waals surface area contributed by atoms with E-state index in [0.717, 1.165) is 30.0 Å². The highest BCUT2D eigenvalue weighted by Crippen LogP contribution is 2.22. The predicted molar refractivity (Wildman–Crippen MR) is 83.5 cm³/mol. The average Bonchev–Trinajstić information content (AvgIpc) is 2.95. The van der Waals surface area contributed by atoms with Gasteiger partial charge in [-0.3, -0.25) is 0 Å². The first kappa shape index (κ1) is 15.2. The largest absolute Gasteiger partial charge is 0.440 e. The van der Waals surface area contributed by atoms with Gasteiger partial charge in [0.05, 0.1) is 31.0 Å². The van der Waals surface area contributed by atoms with Gasteiger partial charge in [-0.2, -0.15) is 0 Å². The second-order valence-electron chi connectivity index (χ2n) is 5.52. The van der Waals surface area contributed by atoms with E-state index < -0.39 is 0 Å². The minimum Gasteiger partial charge on any atom is -0.440 e. The number of benzene rings is 1. The third-order valence-electron chi connectivity index (χ3n) is 4.03. The molecule has 2 atom stereocenters. The van der Waals surface area contributed by atoms with Crippen LogP contribution < -0.4 is 5.32 Å². The Morgan fingerprint density at radius 2 is 2.14 bits per heavy atom. The molecule has 0 spiro atoms. The molecule has 5 nitrogen and oxygen atoms in total. The molecule has 0 saturated carbocycles. The molecule has 1 aliphatic rings. The van der Waals surface area contributed by atoms with Gasteiger partial charge in [-0.05, 0) is 25.5 Å². The van der Waals surface area contributed by atoms with Gasteiger partial charge < -0.3 is 19.2 Å². The molecule has 5 heteroatoms. The SMILES string of the molecule is CO[C@@H]1CCOC[C@H]1NCc1oc(-c2ccccc2)nc1C. The van der Waals surface area contributed by atoms with Crippen molar-refractivity contribution in [1.82, 2.24) is 10.3 Å². The van der Waals surface area contributed by atoms with Gasteiger partial charge in [0.15, 0.2) is 0 Å².